The summed E-state index contributed by atoms with van der Waals surface area (Å²) in [6.45, 7) is 7.46. The molecule has 0 rings (SSSR count). The molecule has 0 saturated heterocycles. The van der Waals surface area contributed by atoms with E-state index in [0.717, 1.165) is 25.4 Å². The minimum absolute atomic E-state index is 0.276. The molecule has 0 bridgehead atoms. The standard InChI is InChI=1S/C10H21NO3S/c1-4-11(5-2)6-7-15-9(8-14-3)10(12)13/h9H,4-8H2,1-3H3,(H,12,13). The van der Waals surface area contributed by atoms with Crippen LogP contribution in [-0.2, 0) is 9.53 Å². The number of ether oxygens (including phenoxy) is 1. The molecule has 0 amide bonds. The third kappa shape index (κ3) is 6.76. The zero-order valence-electron chi connectivity index (χ0n) is 9.73. The van der Waals surface area contributed by atoms with E-state index in [9.17, 15) is 4.79 Å². The van der Waals surface area contributed by atoms with Crippen molar-refractivity contribution < 1.29 is 14.6 Å². The van der Waals surface area contributed by atoms with Crippen LogP contribution in [0.1, 0.15) is 13.8 Å². The maximum absolute atomic E-state index is 10.8. The molecule has 5 heteroatoms. The molecule has 1 N–H and O–H groups in total. The van der Waals surface area contributed by atoms with Gasteiger partial charge in [0.1, 0.15) is 5.25 Å². The highest BCUT2D eigenvalue weighted by Crippen LogP contribution is 2.11. The lowest BCUT2D eigenvalue weighted by Crippen LogP contribution is -2.28. The number of aliphatic carboxylic acids is 1. The zero-order valence-corrected chi connectivity index (χ0v) is 10.5. The van der Waals surface area contributed by atoms with Crippen molar-refractivity contribution in [2.75, 3.05) is 39.1 Å². The quantitative estimate of drug-likeness (QED) is 0.650. The van der Waals surface area contributed by atoms with Crippen LogP contribution in [0.2, 0.25) is 0 Å². The average molecular weight is 235 g/mol. The van der Waals surface area contributed by atoms with Crippen molar-refractivity contribution >= 4 is 17.7 Å². The molecular formula is C10H21NO3S. The summed E-state index contributed by atoms with van der Waals surface area (Å²) in [5.41, 5.74) is 0. The largest absolute Gasteiger partial charge is 0.480 e. The van der Waals surface area contributed by atoms with Crippen molar-refractivity contribution in [1.82, 2.24) is 4.90 Å². The van der Waals surface area contributed by atoms with Crippen LogP contribution in [0, 0.1) is 0 Å². The van der Waals surface area contributed by atoms with E-state index in [1.165, 1.54) is 18.9 Å². The van der Waals surface area contributed by atoms with E-state index >= 15 is 0 Å². The first-order chi connectivity index (χ1) is 7.15. The molecule has 1 unspecified atom stereocenters. The van der Waals surface area contributed by atoms with E-state index < -0.39 is 11.2 Å². The van der Waals surface area contributed by atoms with Crippen LogP contribution >= 0.6 is 11.8 Å². The Morgan fingerprint density at radius 1 is 1.47 bits per heavy atom. The Morgan fingerprint density at radius 3 is 2.47 bits per heavy atom. The smallest absolute Gasteiger partial charge is 0.319 e. The Kier molecular flexibility index (Phi) is 8.85. The fourth-order valence-electron chi connectivity index (χ4n) is 1.21. The second-order valence-corrected chi connectivity index (χ2v) is 4.49. The van der Waals surface area contributed by atoms with Gasteiger partial charge < -0.3 is 14.7 Å². The van der Waals surface area contributed by atoms with Gasteiger partial charge in [0, 0.05) is 19.4 Å². The maximum Gasteiger partial charge on any atom is 0.319 e. The number of methoxy groups -OCH3 is 1. The van der Waals surface area contributed by atoms with Crippen molar-refractivity contribution in [2.24, 2.45) is 0 Å². The number of carboxylic acids is 1. The molecular weight excluding hydrogens is 214 g/mol. The lowest BCUT2D eigenvalue weighted by atomic mass is 10.4. The molecule has 0 spiro atoms. The summed E-state index contributed by atoms with van der Waals surface area (Å²) >= 11 is 1.45. The molecule has 90 valence electrons. The molecule has 4 nitrogen and oxygen atoms in total. The Hall–Kier alpha value is -0.260. The third-order valence-electron chi connectivity index (χ3n) is 2.21. The molecule has 0 heterocycles. The molecule has 0 aliphatic heterocycles. The lowest BCUT2D eigenvalue weighted by molar-refractivity contribution is -0.137. The summed E-state index contributed by atoms with van der Waals surface area (Å²) in [7, 11) is 1.53. The molecule has 0 aromatic heterocycles. The summed E-state index contributed by atoms with van der Waals surface area (Å²) in [6, 6.07) is 0. The molecule has 0 aromatic carbocycles. The van der Waals surface area contributed by atoms with Crippen molar-refractivity contribution in [1.29, 1.82) is 0 Å². The van der Waals surface area contributed by atoms with Gasteiger partial charge in [0.05, 0.1) is 6.61 Å². The summed E-state index contributed by atoms with van der Waals surface area (Å²) < 4.78 is 4.86. The van der Waals surface area contributed by atoms with Crippen LogP contribution in [0.3, 0.4) is 0 Å². The number of nitrogens with zero attached hydrogens (tertiary/aromatic N) is 1. The van der Waals surface area contributed by atoms with Crippen molar-refractivity contribution in [3.8, 4) is 0 Å². The highest BCUT2D eigenvalue weighted by molar-refractivity contribution is 8.00. The molecule has 0 radical (unpaired) electrons. The number of hydrogen-bond acceptors (Lipinski definition) is 4. The lowest BCUT2D eigenvalue weighted by Gasteiger charge is -2.18. The Balaban J connectivity index is 3.74. The van der Waals surface area contributed by atoms with Crippen LogP contribution < -0.4 is 0 Å². The number of carbonyl (C=O) groups is 1. The van der Waals surface area contributed by atoms with Crippen molar-refractivity contribution in [3.05, 3.63) is 0 Å². The van der Waals surface area contributed by atoms with Crippen LogP contribution in [0.5, 0.6) is 0 Å². The Labute approximate surface area is 96.0 Å². The average Bonchev–Trinajstić information content (AvgIpc) is 2.22. The molecule has 1 atom stereocenters. The minimum Gasteiger partial charge on any atom is -0.480 e. The van der Waals surface area contributed by atoms with Crippen LogP contribution in [-0.4, -0.2) is 60.3 Å². The number of thioether (sulfide) groups is 1. The third-order valence-corrected chi connectivity index (χ3v) is 3.37. The van der Waals surface area contributed by atoms with Crippen molar-refractivity contribution in [3.63, 3.8) is 0 Å². The van der Waals surface area contributed by atoms with Gasteiger partial charge in [-0.05, 0) is 13.1 Å². The zero-order chi connectivity index (χ0) is 11.7. The van der Waals surface area contributed by atoms with E-state index in [1.54, 1.807) is 0 Å². The maximum atomic E-state index is 10.8. The predicted molar refractivity (Wildman–Crippen MR) is 63.5 cm³/mol. The van der Waals surface area contributed by atoms with Crippen LogP contribution in [0.15, 0.2) is 0 Å². The fourth-order valence-corrected chi connectivity index (χ4v) is 2.23. The van der Waals surface area contributed by atoms with Gasteiger partial charge in [-0.3, -0.25) is 4.79 Å². The van der Waals surface area contributed by atoms with Gasteiger partial charge >= 0.3 is 5.97 Å². The first-order valence-electron chi connectivity index (χ1n) is 5.21. The Morgan fingerprint density at radius 2 is 2.07 bits per heavy atom. The highest BCUT2D eigenvalue weighted by atomic mass is 32.2. The van der Waals surface area contributed by atoms with Gasteiger partial charge in [0.25, 0.3) is 0 Å². The monoisotopic (exact) mass is 235 g/mol. The van der Waals surface area contributed by atoms with E-state index in [1.807, 2.05) is 0 Å². The number of rotatable bonds is 9. The first kappa shape index (κ1) is 14.7. The molecule has 0 saturated carbocycles. The van der Waals surface area contributed by atoms with Gasteiger partial charge in [-0.15, -0.1) is 11.8 Å². The molecule has 15 heavy (non-hydrogen) atoms. The first-order valence-corrected chi connectivity index (χ1v) is 6.26. The normalized spacial score (nSPS) is 13.1. The van der Waals surface area contributed by atoms with Gasteiger partial charge in [-0.1, -0.05) is 13.8 Å². The Bertz CT molecular complexity index is 174. The van der Waals surface area contributed by atoms with Crippen LogP contribution in [0.25, 0.3) is 0 Å². The topological polar surface area (TPSA) is 49.8 Å². The fraction of sp³-hybridized carbons (Fsp3) is 0.900. The molecule has 0 aliphatic carbocycles. The van der Waals surface area contributed by atoms with Gasteiger partial charge in [-0.2, -0.15) is 0 Å². The second-order valence-electron chi connectivity index (χ2n) is 3.18. The van der Waals surface area contributed by atoms with Crippen molar-refractivity contribution in [2.45, 2.75) is 19.1 Å². The SMILES string of the molecule is CCN(CC)CCSC(COC)C(=O)O. The number of hydrogen-bond donors (Lipinski definition) is 1. The van der Waals surface area contributed by atoms with E-state index in [-0.39, 0.29) is 6.61 Å². The molecule has 0 fully saturated rings. The van der Waals surface area contributed by atoms with E-state index in [2.05, 4.69) is 18.7 Å². The van der Waals surface area contributed by atoms with Gasteiger partial charge in [0.2, 0.25) is 0 Å². The predicted octanol–water partition coefficient (Wildman–Crippen LogP) is 1.16. The van der Waals surface area contributed by atoms with Crippen LogP contribution in [0.4, 0.5) is 0 Å². The number of carboxylic acid groups (broad SMARTS) is 1. The second kappa shape index (κ2) is 9.00. The molecule has 0 aliphatic rings. The summed E-state index contributed by atoms with van der Waals surface area (Å²) in [5.74, 6) is 0.0450. The minimum atomic E-state index is -0.790. The summed E-state index contributed by atoms with van der Waals surface area (Å²) in [6.07, 6.45) is 0. The van der Waals surface area contributed by atoms with Gasteiger partial charge in [-0.25, -0.2) is 0 Å². The summed E-state index contributed by atoms with van der Waals surface area (Å²) in [5, 5.41) is 8.43. The summed E-state index contributed by atoms with van der Waals surface area (Å²) in [4.78, 5) is 13.1. The molecule has 0 aromatic rings. The van der Waals surface area contributed by atoms with E-state index in [4.69, 9.17) is 9.84 Å². The van der Waals surface area contributed by atoms with Gasteiger partial charge in [0.15, 0.2) is 0 Å². The highest BCUT2D eigenvalue weighted by Gasteiger charge is 2.17. The van der Waals surface area contributed by atoms with E-state index in [0.29, 0.717) is 0 Å².